The molecule has 3 aromatic rings. The molecule has 0 aliphatic carbocycles. The van der Waals surface area contributed by atoms with Gasteiger partial charge in [-0.1, -0.05) is 0 Å². The molecule has 0 fully saturated rings. The van der Waals surface area contributed by atoms with E-state index in [4.69, 9.17) is 0 Å². The zero-order valence-corrected chi connectivity index (χ0v) is 12.3. The molecule has 11 heteroatoms. The van der Waals surface area contributed by atoms with Gasteiger partial charge in [0.2, 0.25) is 0 Å². The first kappa shape index (κ1) is 15.6. The third kappa shape index (κ3) is 3.40. The summed E-state index contributed by atoms with van der Waals surface area (Å²) in [5.74, 6) is -0.111. The first-order valence-electron chi connectivity index (χ1n) is 6.50. The molecule has 0 aromatic carbocycles. The summed E-state index contributed by atoms with van der Waals surface area (Å²) in [5, 5.41) is 16.2. The van der Waals surface area contributed by atoms with Crippen molar-refractivity contribution >= 4 is 22.9 Å². The summed E-state index contributed by atoms with van der Waals surface area (Å²) in [6, 6.07) is 0.350. The van der Waals surface area contributed by atoms with E-state index in [0.29, 0.717) is 6.42 Å². The fourth-order valence-corrected chi connectivity index (χ4v) is 2.69. The number of hydrogen-bond acceptors (Lipinski definition) is 7. The van der Waals surface area contributed by atoms with Gasteiger partial charge in [0.05, 0.1) is 18.2 Å². The highest BCUT2D eigenvalue weighted by molar-refractivity contribution is 7.09. The van der Waals surface area contributed by atoms with Crippen LogP contribution in [0.15, 0.2) is 24.1 Å². The zero-order valence-electron chi connectivity index (χ0n) is 11.5. The number of aliphatic hydroxyl groups is 1. The van der Waals surface area contributed by atoms with Crippen molar-refractivity contribution in [2.75, 3.05) is 11.9 Å². The summed E-state index contributed by atoms with van der Waals surface area (Å²) in [6.45, 7) is -0.266. The van der Waals surface area contributed by atoms with Crippen molar-refractivity contribution in [2.24, 2.45) is 0 Å². The lowest BCUT2D eigenvalue weighted by Gasteiger charge is -2.18. The summed E-state index contributed by atoms with van der Waals surface area (Å²) in [4.78, 5) is 11.9. The van der Waals surface area contributed by atoms with E-state index in [2.05, 4.69) is 25.4 Å². The highest BCUT2D eigenvalue weighted by Gasteiger charge is 2.34. The lowest BCUT2D eigenvalue weighted by atomic mass is 10.2. The van der Waals surface area contributed by atoms with Crippen LogP contribution in [0.5, 0.6) is 0 Å². The van der Waals surface area contributed by atoms with Gasteiger partial charge in [-0.15, -0.1) is 11.3 Å². The highest BCUT2D eigenvalue weighted by atomic mass is 32.1. The van der Waals surface area contributed by atoms with Crippen LogP contribution in [0.3, 0.4) is 0 Å². The first-order valence-corrected chi connectivity index (χ1v) is 7.38. The second kappa shape index (κ2) is 6.08. The third-order valence-corrected chi connectivity index (χ3v) is 3.85. The lowest BCUT2D eigenvalue weighted by Crippen LogP contribution is -2.28. The van der Waals surface area contributed by atoms with E-state index < -0.39 is 17.9 Å². The van der Waals surface area contributed by atoms with Crippen molar-refractivity contribution in [3.63, 3.8) is 0 Å². The average Bonchev–Trinajstić information content (AvgIpc) is 3.16. The number of hydrogen-bond donors (Lipinski definition) is 2. The van der Waals surface area contributed by atoms with Gasteiger partial charge in [0.1, 0.15) is 12.1 Å². The molecule has 7 nitrogen and oxygen atoms in total. The van der Waals surface area contributed by atoms with Gasteiger partial charge in [0.25, 0.3) is 5.78 Å². The van der Waals surface area contributed by atoms with Gasteiger partial charge in [-0.05, 0) is 0 Å². The van der Waals surface area contributed by atoms with Gasteiger partial charge in [-0.25, -0.2) is 4.98 Å². The van der Waals surface area contributed by atoms with Crippen LogP contribution < -0.4 is 5.32 Å². The number of aromatic nitrogens is 5. The van der Waals surface area contributed by atoms with Gasteiger partial charge >= 0.3 is 6.18 Å². The van der Waals surface area contributed by atoms with Crippen molar-refractivity contribution in [3.8, 4) is 0 Å². The Kier molecular flexibility index (Phi) is 4.13. The standard InChI is InChI=1S/C12H11F3N6OS/c13-12(14,15)9-2-10(21-11(20-9)17-5-18-21)19-7(4-22)1-8-3-16-6-23-8/h2-3,5-7,19,22H,1,4H2/t7-/m1/s1. The quantitative estimate of drug-likeness (QED) is 0.731. The monoisotopic (exact) mass is 344 g/mol. The Bertz CT molecular complexity index is 788. The molecule has 0 aliphatic rings. The summed E-state index contributed by atoms with van der Waals surface area (Å²) in [6.07, 6.45) is -1.42. The Morgan fingerprint density at radius 3 is 2.87 bits per heavy atom. The van der Waals surface area contributed by atoms with Crippen LogP contribution in [0.25, 0.3) is 5.78 Å². The van der Waals surface area contributed by atoms with Crippen LogP contribution in [0.1, 0.15) is 10.6 Å². The van der Waals surface area contributed by atoms with Crippen molar-refractivity contribution in [3.05, 3.63) is 34.7 Å². The number of halogens is 3. The number of anilines is 1. The van der Waals surface area contributed by atoms with Gasteiger partial charge in [0, 0.05) is 23.6 Å². The summed E-state index contributed by atoms with van der Waals surface area (Å²) >= 11 is 1.40. The third-order valence-electron chi connectivity index (χ3n) is 3.05. The van der Waals surface area contributed by atoms with E-state index in [-0.39, 0.29) is 18.2 Å². The number of thiazole rings is 1. The number of nitrogens with one attached hydrogen (secondary N) is 1. The van der Waals surface area contributed by atoms with Crippen molar-refractivity contribution < 1.29 is 18.3 Å². The van der Waals surface area contributed by atoms with E-state index in [9.17, 15) is 18.3 Å². The molecule has 0 unspecified atom stereocenters. The van der Waals surface area contributed by atoms with E-state index in [1.807, 2.05) is 0 Å². The molecule has 0 saturated heterocycles. The van der Waals surface area contributed by atoms with Crippen molar-refractivity contribution in [1.82, 2.24) is 24.6 Å². The van der Waals surface area contributed by atoms with Crippen LogP contribution >= 0.6 is 11.3 Å². The van der Waals surface area contributed by atoms with Crippen LogP contribution in [0.2, 0.25) is 0 Å². The van der Waals surface area contributed by atoms with E-state index in [1.54, 1.807) is 11.7 Å². The molecule has 0 radical (unpaired) electrons. The smallest absolute Gasteiger partial charge is 0.394 e. The lowest BCUT2D eigenvalue weighted by molar-refractivity contribution is -0.141. The molecule has 2 N–H and O–H groups in total. The van der Waals surface area contributed by atoms with Crippen LogP contribution in [0, 0.1) is 0 Å². The second-order valence-electron chi connectivity index (χ2n) is 4.69. The van der Waals surface area contributed by atoms with Gasteiger partial charge in [0.15, 0.2) is 5.69 Å². The van der Waals surface area contributed by atoms with Crippen LogP contribution in [-0.4, -0.2) is 42.3 Å². The normalized spacial score (nSPS) is 13.4. The fraction of sp³-hybridized carbons (Fsp3) is 0.333. The summed E-state index contributed by atoms with van der Waals surface area (Å²) in [7, 11) is 0. The minimum atomic E-state index is -4.60. The molecular weight excluding hydrogens is 333 g/mol. The molecule has 3 heterocycles. The minimum Gasteiger partial charge on any atom is -0.394 e. The molecule has 0 saturated carbocycles. The molecule has 3 aromatic heterocycles. The van der Waals surface area contributed by atoms with E-state index in [0.717, 1.165) is 21.8 Å². The Labute approximate surface area is 131 Å². The van der Waals surface area contributed by atoms with Crippen molar-refractivity contribution in [2.45, 2.75) is 18.6 Å². The second-order valence-corrected chi connectivity index (χ2v) is 5.66. The number of rotatable bonds is 5. The maximum absolute atomic E-state index is 12.9. The molecule has 122 valence electrons. The van der Waals surface area contributed by atoms with E-state index in [1.165, 1.54) is 11.3 Å². The predicted octanol–water partition coefficient (Wildman–Crippen LogP) is 1.62. The maximum atomic E-state index is 12.9. The van der Waals surface area contributed by atoms with Crippen LogP contribution in [0.4, 0.5) is 19.0 Å². The number of nitrogens with zero attached hydrogens (tertiary/aromatic N) is 5. The Balaban J connectivity index is 1.92. The van der Waals surface area contributed by atoms with Gasteiger partial charge < -0.3 is 10.4 Å². The topological polar surface area (TPSA) is 88.2 Å². The first-order chi connectivity index (χ1) is 11.0. The highest BCUT2D eigenvalue weighted by Crippen LogP contribution is 2.29. The number of alkyl halides is 3. The number of aliphatic hydroxyl groups excluding tert-OH is 1. The van der Waals surface area contributed by atoms with Crippen LogP contribution in [-0.2, 0) is 12.6 Å². The minimum absolute atomic E-state index is 0.0587. The molecule has 0 aliphatic heterocycles. The molecule has 0 spiro atoms. The molecule has 1 atom stereocenters. The summed E-state index contributed by atoms with van der Waals surface area (Å²) in [5.41, 5.74) is 0.572. The average molecular weight is 344 g/mol. The fourth-order valence-electron chi connectivity index (χ4n) is 2.02. The predicted molar refractivity (Wildman–Crippen MR) is 76.1 cm³/mol. The Morgan fingerprint density at radius 2 is 2.22 bits per heavy atom. The molecular formula is C12H11F3N6OS. The van der Waals surface area contributed by atoms with Gasteiger partial charge in [-0.3, -0.25) is 4.98 Å². The largest absolute Gasteiger partial charge is 0.433 e. The molecule has 23 heavy (non-hydrogen) atoms. The zero-order chi connectivity index (χ0) is 16.4. The van der Waals surface area contributed by atoms with Gasteiger partial charge in [-0.2, -0.15) is 27.8 Å². The Morgan fingerprint density at radius 1 is 1.39 bits per heavy atom. The Hall–Kier alpha value is -2.27. The maximum Gasteiger partial charge on any atom is 0.433 e. The van der Waals surface area contributed by atoms with E-state index >= 15 is 0 Å². The summed E-state index contributed by atoms with van der Waals surface area (Å²) < 4.78 is 39.9. The van der Waals surface area contributed by atoms with Crippen molar-refractivity contribution in [1.29, 1.82) is 0 Å². The molecule has 0 bridgehead atoms. The SMILES string of the molecule is OC[C@@H](Cc1cncs1)Nc1cc(C(F)(F)F)nc2ncnn12. The number of fused-ring (bicyclic) bond motifs is 1. The molecule has 0 amide bonds. The molecule has 3 rings (SSSR count).